The second kappa shape index (κ2) is 56.9. The first-order valence-corrected chi connectivity index (χ1v) is 40.0. The number of benzene rings is 5. The molecule has 34 heteroatoms. The number of rotatable bonds is 63. The van der Waals surface area contributed by atoms with Gasteiger partial charge in [-0.05, 0) is 166 Å². The molecule has 120 heavy (non-hydrogen) atoms. The van der Waals surface area contributed by atoms with Gasteiger partial charge in [-0.25, -0.2) is 0 Å². The van der Waals surface area contributed by atoms with Crippen LogP contribution in [0.3, 0.4) is 0 Å². The van der Waals surface area contributed by atoms with E-state index in [1.807, 2.05) is 41.5 Å². The molecule has 0 saturated heterocycles. The van der Waals surface area contributed by atoms with Gasteiger partial charge in [0.1, 0.15) is 32.5 Å². The van der Waals surface area contributed by atoms with Crippen molar-refractivity contribution < 1.29 is 151 Å². The summed E-state index contributed by atoms with van der Waals surface area (Å²) in [5, 5.41) is 96.0. The molecule has 0 aliphatic carbocycles. The molecular formula is C86H124N6O27Tc. The van der Waals surface area contributed by atoms with E-state index in [2.05, 4.69) is 39.7 Å². The van der Waals surface area contributed by atoms with Crippen molar-refractivity contribution in [3.8, 4) is 63.2 Å². The number of carbonyl (C=O) groups is 6. The Balaban J connectivity index is 0.0000303. The Bertz CT molecular complexity index is 3670. The summed E-state index contributed by atoms with van der Waals surface area (Å²) in [5.74, 6) is -7.27. The Labute approximate surface area is 716 Å². The summed E-state index contributed by atoms with van der Waals surface area (Å²) in [6.45, 7) is 24.2. The van der Waals surface area contributed by atoms with Crippen LogP contribution in [-0.4, -0.2) is 276 Å². The zero-order chi connectivity index (χ0) is 86.9. The van der Waals surface area contributed by atoms with Gasteiger partial charge in [0.2, 0.25) is 11.7 Å². The van der Waals surface area contributed by atoms with Crippen LogP contribution in [0.4, 0.5) is 0 Å². The number of unbranched alkanes of at least 4 members (excludes halogenated alkanes) is 1. The Hall–Kier alpha value is -9.55. The summed E-state index contributed by atoms with van der Waals surface area (Å²) in [4.78, 5) is 84.7. The normalized spacial score (nSPS) is 11.8. The van der Waals surface area contributed by atoms with Gasteiger partial charge in [-0.15, -0.1) is 13.2 Å². The van der Waals surface area contributed by atoms with Crippen LogP contribution in [0.5, 0.6) is 63.2 Å². The molecular weight excluding hydrogens is 1650 g/mol. The van der Waals surface area contributed by atoms with Crippen molar-refractivity contribution in [2.75, 3.05) is 178 Å². The van der Waals surface area contributed by atoms with Crippen LogP contribution in [0.25, 0.3) is 0 Å². The number of phenolic OH excluding ortho intramolecular Hbond substituents is 8. The molecule has 0 bridgehead atoms. The second-order valence-electron chi connectivity index (χ2n) is 29.4. The van der Waals surface area contributed by atoms with E-state index in [0.29, 0.717) is 84.3 Å². The number of esters is 1. The third-order valence-corrected chi connectivity index (χ3v) is 17.9. The largest absolute Gasteiger partial charge is 0.504 e. The van der Waals surface area contributed by atoms with E-state index in [9.17, 15) is 69.6 Å². The molecule has 0 spiro atoms. The summed E-state index contributed by atoms with van der Waals surface area (Å²) in [6, 6.07) is 18.3. The SMILES string of the molecule is C=CCN(CC=C)[C@@H](Cc1ccc(O)c(O)c1)C(=O)OCCOCCOc1c(OCCOCCOCCOCCOC(C)(C)C)cc(C(=O)NCCCCNC(=O)C(CCCNC(=O)c2cccc(O)c2O)(CCCNC(=O)c2cccc(O)c2O)CCCNC(=O)c2cccc(O)c2O)cc1OCCOCCOCCOCCOC(C)(C)C.[99Tc]. The molecule has 0 saturated carbocycles. The summed E-state index contributed by atoms with van der Waals surface area (Å²) >= 11 is 0. The van der Waals surface area contributed by atoms with Gasteiger partial charge in [0.25, 0.3) is 23.6 Å². The monoisotopic (exact) mass is 1770 g/mol. The summed E-state index contributed by atoms with van der Waals surface area (Å²) in [5.41, 5.74) is -1.68. The molecule has 1 radical (unpaired) electrons. The number of para-hydroxylation sites is 3. The number of hydrogen-bond donors (Lipinski definition) is 13. The van der Waals surface area contributed by atoms with Gasteiger partial charge in [0.15, 0.2) is 57.5 Å². The molecule has 5 aromatic rings. The van der Waals surface area contributed by atoms with Gasteiger partial charge < -0.3 is 129 Å². The van der Waals surface area contributed by atoms with Gasteiger partial charge in [0.05, 0.1) is 134 Å². The third-order valence-electron chi connectivity index (χ3n) is 17.9. The van der Waals surface area contributed by atoms with Gasteiger partial charge in [-0.3, -0.25) is 33.7 Å². The van der Waals surface area contributed by atoms with Gasteiger partial charge in [0, 0.05) is 76.9 Å². The number of amides is 5. The maximum Gasteiger partial charge on any atom is 0.323 e. The second-order valence-corrected chi connectivity index (χ2v) is 29.4. The van der Waals surface area contributed by atoms with Crippen molar-refractivity contribution in [1.29, 1.82) is 0 Å². The molecule has 1 atom stereocenters. The minimum absolute atomic E-state index is 0. The van der Waals surface area contributed by atoms with Crippen LogP contribution in [0.2, 0.25) is 0 Å². The van der Waals surface area contributed by atoms with Crippen LogP contribution < -0.4 is 40.8 Å². The predicted octanol–water partition coefficient (Wildman–Crippen LogP) is 8.28. The van der Waals surface area contributed by atoms with E-state index < -0.39 is 81.5 Å². The number of nitrogens with zero attached hydrogens (tertiary/aromatic N) is 1. The van der Waals surface area contributed by atoms with E-state index in [1.54, 1.807) is 23.1 Å². The Kier molecular flexibility index (Phi) is 48.7. The summed E-state index contributed by atoms with van der Waals surface area (Å²) in [7, 11) is 0. The quantitative estimate of drug-likeness (QED) is 0.00753. The zero-order valence-corrected chi connectivity index (χ0v) is 71.7. The molecule has 5 amide bonds. The fourth-order valence-corrected chi connectivity index (χ4v) is 11.9. The van der Waals surface area contributed by atoms with Crippen molar-refractivity contribution in [2.45, 2.75) is 117 Å². The first-order chi connectivity index (χ1) is 57.1. The van der Waals surface area contributed by atoms with Crippen LogP contribution in [-0.2, 0) is 83.5 Å². The molecule has 0 heterocycles. The van der Waals surface area contributed by atoms with Crippen molar-refractivity contribution >= 4 is 35.5 Å². The predicted molar refractivity (Wildman–Crippen MR) is 441 cm³/mol. The van der Waals surface area contributed by atoms with E-state index in [4.69, 9.17) is 61.6 Å². The van der Waals surface area contributed by atoms with Crippen LogP contribution >= 0.6 is 0 Å². The van der Waals surface area contributed by atoms with E-state index in [-0.39, 0.29) is 239 Å². The maximum absolute atomic E-state index is 15.0. The number of carbonyl (C=O) groups excluding carboxylic acids is 6. The van der Waals surface area contributed by atoms with E-state index >= 15 is 0 Å². The molecule has 667 valence electrons. The first-order valence-electron chi connectivity index (χ1n) is 40.0. The van der Waals surface area contributed by atoms with Crippen LogP contribution in [0, 0.1) is 5.41 Å². The standard InChI is InChI=1S/C86H124N6O27.Tc/c1-9-35-92(36-10-2)66(57-61-25-26-67(93)71(97)58-61)82(105)117-54-48-113-47-53-116-77-72(114-51-45-109-41-37-107-39-43-111-49-55-118-84(3,4)5)59-62(60-73(77)115-52-46-110-42-38-108-40-44-112-50-56-119-85(6,7)8)78(101)87-30-11-12-31-91-83(106)86(27-16-32-88-79(102)63-19-13-22-68(94)74(63)98,28-17-33-89-80(103)64-20-14-23-69(95)75(64)99)29-18-34-90-81(104)65-21-15-24-70(96)76(65)100;/h9-10,13-15,19-26,58-60,66,93-100H,1-2,11-12,16-18,27-57H2,3-8H3,(H,87,101)(H,88,102)(H,89,103)(H,90,104)(H,91,106);/t66-;/m0./s1/i;1+1. The molecule has 5 rings (SSSR count). The number of hydrogen-bond acceptors (Lipinski definition) is 28. The fraction of sp³-hybridized carbons (Fsp3) is 0.535. The van der Waals surface area contributed by atoms with E-state index in [0.717, 1.165) is 0 Å². The van der Waals surface area contributed by atoms with Gasteiger partial charge in [-0.2, -0.15) is 0 Å². The molecule has 0 aliphatic heterocycles. The van der Waals surface area contributed by atoms with Gasteiger partial charge in [-0.1, -0.05) is 36.4 Å². The minimum atomic E-state index is -1.26. The van der Waals surface area contributed by atoms with Crippen LogP contribution in [0.15, 0.2) is 110 Å². The van der Waals surface area contributed by atoms with Crippen molar-refractivity contribution in [2.24, 2.45) is 5.41 Å². The number of aromatic hydroxyl groups is 8. The Morgan fingerprint density at radius 1 is 0.400 bits per heavy atom. The smallest absolute Gasteiger partial charge is 0.323 e. The fourth-order valence-electron chi connectivity index (χ4n) is 11.9. The molecule has 33 nitrogen and oxygen atoms in total. The van der Waals surface area contributed by atoms with Crippen molar-refractivity contribution in [3.63, 3.8) is 0 Å². The number of phenols is 8. The maximum atomic E-state index is 15.0. The van der Waals surface area contributed by atoms with Crippen LogP contribution in [0.1, 0.15) is 140 Å². The topological polar surface area (TPSA) is 448 Å². The average Bonchev–Trinajstić information content (AvgIpc) is 0.810. The minimum Gasteiger partial charge on any atom is -0.504 e. The Morgan fingerprint density at radius 3 is 1.13 bits per heavy atom. The summed E-state index contributed by atoms with van der Waals surface area (Å²) < 4.78 is 76.4. The van der Waals surface area contributed by atoms with Gasteiger partial charge >= 0.3 is 5.97 Å². The summed E-state index contributed by atoms with van der Waals surface area (Å²) in [6.07, 6.45) is 5.08. The molecule has 0 aromatic heterocycles. The molecule has 5 aromatic carbocycles. The first kappa shape index (κ1) is 103. The van der Waals surface area contributed by atoms with E-state index in [1.165, 1.54) is 78.9 Å². The molecule has 0 aliphatic rings. The molecule has 13 N–H and O–H groups in total. The van der Waals surface area contributed by atoms with Crippen molar-refractivity contribution in [1.82, 2.24) is 31.5 Å². The van der Waals surface area contributed by atoms with Crippen molar-refractivity contribution in [3.05, 3.63) is 138 Å². The molecule has 0 fully saturated rings. The molecule has 0 unspecified atom stereocenters. The third kappa shape index (κ3) is 39.3. The number of nitrogens with one attached hydrogen (secondary N) is 5. The Morgan fingerprint density at radius 2 is 0.750 bits per heavy atom. The zero-order valence-electron chi connectivity index (χ0n) is 69.8. The average molecular weight is 1770 g/mol. The number of ether oxygens (including phenoxy) is 13.